The number of aromatic nitrogens is 2. The highest BCUT2D eigenvalue weighted by Gasteiger charge is 2.25. The number of fused-ring (bicyclic) bond motifs is 1. The summed E-state index contributed by atoms with van der Waals surface area (Å²) in [4.78, 5) is 12.3. The van der Waals surface area contributed by atoms with Gasteiger partial charge >= 0.3 is 0 Å². The summed E-state index contributed by atoms with van der Waals surface area (Å²) < 4.78 is 2.77. The van der Waals surface area contributed by atoms with E-state index in [0.717, 1.165) is 35.0 Å². The number of amides is 1. The number of nitrogens with one attached hydrogen (secondary N) is 1. The molecule has 1 aliphatic carbocycles. The molecule has 1 aromatic heterocycles. The Hall–Kier alpha value is -1.62. The number of benzene rings is 1. The van der Waals surface area contributed by atoms with Crippen molar-refractivity contribution in [3.8, 4) is 0 Å². The highest BCUT2D eigenvalue weighted by molar-refractivity contribution is 9.10. The molecule has 1 amide bonds. The van der Waals surface area contributed by atoms with Gasteiger partial charge in [0.2, 0.25) is 0 Å². The molecular weight excluding hydrogens is 306 g/mol. The van der Waals surface area contributed by atoms with Crippen LogP contribution >= 0.6 is 15.9 Å². The van der Waals surface area contributed by atoms with Gasteiger partial charge in [-0.05, 0) is 37.5 Å². The Kier molecular flexibility index (Phi) is 3.14. The van der Waals surface area contributed by atoms with E-state index in [9.17, 15) is 4.79 Å². The number of halogens is 1. The van der Waals surface area contributed by atoms with Gasteiger partial charge in [0.05, 0.1) is 0 Å². The standard InChI is InChI=1S/C14H14BrN3O/c1-18-12-7-3-6-11(12)13(17-18)14(19)16-10-5-2-4-9(15)8-10/h2,4-5,8H,3,6-7H2,1H3,(H,16,19). The molecule has 5 heteroatoms. The molecule has 1 N–H and O–H groups in total. The van der Waals surface area contributed by atoms with Crippen molar-refractivity contribution in [1.82, 2.24) is 9.78 Å². The fourth-order valence-corrected chi connectivity index (χ4v) is 2.95. The van der Waals surface area contributed by atoms with Crippen LogP contribution in [0, 0.1) is 0 Å². The van der Waals surface area contributed by atoms with Gasteiger partial charge in [-0.2, -0.15) is 5.10 Å². The van der Waals surface area contributed by atoms with Crippen LogP contribution in [0.1, 0.15) is 28.2 Å². The second-order valence-corrected chi connectivity index (χ2v) is 5.63. The number of rotatable bonds is 2. The SMILES string of the molecule is Cn1nc(C(=O)Nc2cccc(Br)c2)c2c1CCC2. The monoisotopic (exact) mass is 319 g/mol. The predicted molar refractivity (Wildman–Crippen MR) is 77.3 cm³/mol. The predicted octanol–water partition coefficient (Wildman–Crippen LogP) is 2.92. The normalized spacial score (nSPS) is 13.4. The molecule has 0 atom stereocenters. The third-order valence-electron chi connectivity index (χ3n) is 3.41. The molecule has 0 radical (unpaired) electrons. The second-order valence-electron chi connectivity index (χ2n) is 4.72. The molecule has 1 aliphatic rings. The van der Waals surface area contributed by atoms with Crippen molar-refractivity contribution >= 4 is 27.5 Å². The van der Waals surface area contributed by atoms with Crippen molar-refractivity contribution in [2.24, 2.45) is 7.05 Å². The number of aryl methyl sites for hydroxylation is 1. The Bertz CT molecular complexity index is 648. The van der Waals surface area contributed by atoms with Crippen molar-refractivity contribution in [3.05, 3.63) is 45.7 Å². The quantitative estimate of drug-likeness (QED) is 0.925. The maximum atomic E-state index is 12.3. The summed E-state index contributed by atoms with van der Waals surface area (Å²) in [7, 11) is 1.90. The average Bonchev–Trinajstić information content (AvgIpc) is 2.93. The lowest BCUT2D eigenvalue weighted by Gasteiger charge is -2.04. The van der Waals surface area contributed by atoms with Crippen LogP contribution in [0.4, 0.5) is 5.69 Å². The van der Waals surface area contributed by atoms with Gasteiger partial charge in [-0.1, -0.05) is 22.0 Å². The van der Waals surface area contributed by atoms with Crippen LogP contribution in [0.5, 0.6) is 0 Å². The summed E-state index contributed by atoms with van der Waals surface area (Å²) in [5, 5.41) is 7.24. The van der Waals surface area contributed by atoms with E-state index >= 15 is 0 Å². The Morgan fingerprint density at radius 1 is 1.42 bits per heavy atom. The molecule has 0 spiro atoms. The van der Waals surface area contributed by atoms with Crippen LogP contribution in [0.15, 0.2) is 28.7 Å². The molecule has 0 aliphatic heterocycles. The topological polar surface area (TPSA) is 46.9 Å². The molecule has 0 bridgehead atoms. The Labute approximate surface area is 119 Å². The van der Waals surface area contributed by atoms with Crippen LogP contribution in [0.25, 0.3) is 0 Å². The molecule has 1 heterocycles. The molecule has 19 heavy (non-hydrogen) atoms. The minimum atomic E-state index is -0.128. The first-order valence-electron chi connectivity index (χ1n) is 6.27. The largest absolute Gasteiger partial charge is 0.321 e. The fraction of sp³-hybridized carbons (Fsp3) is 0.286. The first-order valence-corrected chi connectivity index (χ1v) is 7.06. The van der Waals surface area contributed by atoms with E-state index in [4.69, 9.17) is 0 Å². The van der Waals surface area contributed by atoms with Crippen LogP contribution in [-0.2, 0) is 19.9 Å². The van der Waals surface area contributed by atoms with Crippen LogP contribution < -0.4 is 5.32 Å². The van der Waals surface area contributed by atoms with Gasteiger partial charge in [-0.3, -0.25) is 9.48 Å². The van der Waals surface area contributed by atoms with Gasteiger partial charge in [0.1, 0.15) is 0 Å². The maximum Gasteiger partial charge on any atom is 0.276 e. The first-order chi connectivity index (χ1) is 9.15. The first kappa shape index (κ1) is 12.4. The van der Waals surface area contributed by atoms with E-state index < -0.39 is 0 Å². The molecule has 0 fully saturated rings. The molecule has 0 unspecified atom stereocenters. The summed E-state index contributed by atoms with van der Waals surface area (Å²) in [5.41, 5.74) is 3.64. The summed E-state index contributed by atoms with van der Waals surface area (Å²) in [6.45, 7) is 0. The van der Waals surface area contributed by atoms with Gasteiger partial charge in [0, 0.05) is 28.5 Å². The zero-order valence-electron chi connectivity index (χ0n) is 10.6. The van der Waals surface area contributed by atoms with Crippen molar-refractivity contribution in [2.75, 3.05) is 5.32 Å². The highest BCUT2D eigenvalue weighted by atomic mass is 79.9. The van der Waals surface area contributed by atoms with Crippen LogP contribution in [0.3, 0.4) is 0 Å². The molecule has 98 valence electrons. The van der Waals surface area contributed by atoms with Crippen molar-refractivity contribution in [1.29, 1.82) is 0 Å². The summed E-state index contributed by atoms with van der Waals surface area (Å²) >= 11 is 3.39. The fourth-order valence-electron chi connectivity index (χ4n) is 2.55. The lowest BCUT2D eigenvalue weighted by molar-refractivity contribution is 0.102. The second kappa shape index (κ2) is 4.81. The molecular formula is C14H14BrN3O. The lowest BCUT2D eigenvalue weighted by atomic mass is 10.2. The van der Waals surface area contributed by atoms with E-state index in [0.29, 0.717) is 5.69 Å². The number of hydrogen-bond donors (Lipinski definition) is 1. The van der Waals surface area contributed by atoms with Crippen molar-refractivity contribution < 1.29 is 4.79 Å². The van der Waals surface area contributed by atoms with Crippen LogP contribution in [0.2, 0.25) is 0 Å². The Balaban J connectivity index is 1.87. The number of nitrogens with zero attached hydrogens (tertiary/aromatic N) is 2. The smallest absolute Gasteiger partial charge is 0.276 e. The van der Waals surface area contributed by atoms with Gasteiger partial charge in [0.15, 0.2) is 5.69 Å². The van der Waals surface area contributed by atoms with E-state index in [2.05, 4.69) is 26.3 Å². The summed E-state index contributed by atoms with van der Waals surface area (Å²) in [6, 6.07) is 7.56. The number of anilines is 1. The molecule has 3 rings (SSSR count). The van der Waals surface area contributed by atoms with Gasteiger partial charge in [-0.15, -0.1) is 0 Å². The minimum absolute atomic E-state index is 0.128. The molecule has 0 saturated heterocycles. The summed E-state index contributed by atoms with van der Waals surface area (Å²) in [5.74, 6) is -0.128. The number of carbonyl (C=O) groups excluding carboxylic acids is 1. The average molecular weight is 320 g/mol. The van der Waals surface area contributed by atoms with E-state index in [1.807, 2.05) is 36.0 Å². The summed E-state index contributed by atoms with van der Waals surface area (Å²) in [6.07, 6.45) is 3.08. The van der Waals surface area contributed by atoms with E-state index in [1.165, 1.54) is 5.69 Å². The molecule has 4 nitrogen and oxygen atoms in total. The Morgan fingerprint density at radius 3 is 3.05 bits per heavy atom. The van der Waals surface area contributed by atoms with Gasteiger partial charge < -0.3 is 5.32 Å². The van der Waals surface area contributed by atoms with Gasteiger partial charge in [0.25, 0.3) is 5.91 Å². The van der Waals surface area contributed by atoms with Crippen LogP contribution in [-0.4, -0.2) is 15.7 Å². The Morgan fingerprint density at radius 2 is 2.26 bits per heavy atom. The highest BCUT2D eigenvalue weighted by Crippen LogP contribution is 2.25. The number of hydrogen-bond acceptors (Lipinski definition) is 2. The molecule has 0 saturated carbocycles. The van der Waals surface area contributed by atoms with E-state index in [1.54, 1.807) is 0 Å². The third kappa shape index (κ3) is 2.30. The third-order valence-corrected chi connectivity index (χ3v) is 3.91. The van der Waals surface area contributed by atoms with Crippen molar-refractivity contribution in [2.45, 2.75) is 19.3 Å². The number of carbonyl (C=O) groups is 1. The minimum Gasteiger partial charge on any atom is -0.321 e. The zero-order chi connectivity index (χ0) is 13.4. The molecule has 1 aromatic carbocycles. The lowest BCUT2D eigenvalue weighted by Crippen LogP contribution is -2.14. The molecule has 2 aromatic rings. The van der Waals surface area contributed by atoms with Crippen molar-refractivity contribution in [3.63, 3.8) is 0 Å². The maximum absolute atomic E-state index is 12.3. The zero-order valence-corrected chi connectivity index (χ0v) is 12.2. The van der Waals surface area contributed by atoms with E-state index in [-0.39, 0.29) is 5.91 Å². The van der Waals surface area contributed by atoms with Gasteiger partial charge in [-0.25, -0.2) is 0 Å².